The predicted molar refractivity (Wildman–Crippen MR) is 80.0 cm³/mol. The summed E-state index contributed by atoms with van der Waals surface area (Å²) in [5.41, 5.74) is 6.62. The fourth-order valence-electron chi connectivity index (χ4n) is 3.27. The largest absolute Gasteiger partial charge is 0.469 e. The SMILES string of the molecule is COC(=O)CCc1c(C)[nH]c2cc3c(cc12)CCCC3. The van der Waals surface area contributed by atoms with Gasteiger partial charge >= 0.3 is 5.97 Å². The van der Waals surface area contributed by atoms with Crippen LogP contribution in [0.1, 0.15) is 41.6 Å². The second-order valence-electron chi connectivity index (χ2n) is 5.68. The maximum atomic E-state index is 11.4. The lowest BCUT2D eigenvalue weighted by atomic mass is 9.90. The van der Waals surface area contributed by atoms with Crippen LogP contribution in [0.3, 0.4) is 0 Å². The van der Waals surface area contributed by atoms with Crippen molar-refractivity contribution in [2.75, 3.05) is 7.11 Å². The first kappa shape index (κ1) is 13.2. The van der Waals surface area contributed by atoms with Gasteiger partial charge in [-0.05, 0) is 67.9 Å². The van der Waals surface area contributed by atoms with E-state index in [2.05, 4.69) is 24.0 Å². The molecule has 1 N–H and O–H groups in total. The van der Waals surface area contributed by atoms with Gasteiger partial charge in [-0.2, -0.15) is 0 Å². The van der Waals surface area contributed by atoms with Crippen LogP contribution in [0, 0.1) is 6.92 Å². The molecule has 106 valence electrons. The fourth-order valence-corrected chi connectivity index (χ4v) is 3.27. The molecule has 0 amide bonds. The summed E-state index contributed by atoms with van der Waals surface area (Å²) in [6, 6.07) is 4.64. The van der Waals surface area contributed by atoms with E-state index in [1.165, 1.54) is 66.1 Å². The van der Waals surface area contributed by atoms with Crippen molar-refractivity contribution in [2.24, 2.45) is 0 Å². The Morgan fingerprint density at radius 3 is 2.65 bits per heavy atom. The van der Waals surface area contributed by atoms with Gasteiger partial charge in [0.25, 0.3) is 0 Å². The maximum Gasteiger partial charge on any atom is 0.305 e. The van der Waals surface area contributed by atoms with Gasteiger partial charge in [-0.1, -0.05) is 0 Å². The molecule has 0 saturated heterocycles. The summed E-state index contributed by atoms with van der Waals surface area (Å²) in [6.07, 6.45) is 6.16. The van der Waals surface area contributed by atoms with E-state index in [0.717, 1.165) is 6.42 Å². The van der Waals surface area contributed by atoms with E-state index < -0.39 is 0 Å². The molecule has 1 aromatic heterocycles. The first-order valence-electron chi connectivity index (χ1n) is 7.39. The van der Waals surface area contributed by atoms with Crippen molar-refractivity contribution in [1.29, 1.82) is 0 Å². The van der Waals surface area contributed by atoms with Gasteiger partial charge in [-0.3, -0.25) is 4.79 Å². The molecule has 1 aromatic carbocycles. The number of aromatic nitrogens is 1. The van der Waals surface area contributed by atoms with Crippen LogP contribution < -0.4 is 0 Å². The Hall–Kier alpha value is -1.77. The van der Waals surface area contributed by atoms with Crippen LogP contribution in [-0.4, -0.2) is 18.1 Å². The molecule has 3 rings (SSSR count). The van der Waals surface area contributed by atoms with Gasteiger partial charge in [0.05, 0.1) is 7.11 Å². The number of carbonyl (C=O) groups excluding carboxylic acids is 1. The zero-order valence-electron chi connectivity index (χ0n) is 12.2. The summed E-state index contributed by atoms with van der Waals surface area (Å²) < 4.78 is 4.74. The van der Waals surface area contributed by atoms with E-state index >= 15 is 0 Å². The first-order chi connectivity index (χ1) is 9.69. The number of H-pyrrole nitrogens is 1. The highest BCUT2D eigenvalue weighted by atomic mass is 16.5. The zero-order chi connectivity index (χ0) is 14.1. The number of carbonyl (C=O) groups is 1. The minimum absolute atomic E-state index is 0.142. The lowest BCUT2D eigenvalue weighted by molar-refractivity contribution is -0.140. The quantitative estimate of drug-likeness (QED) is 0.869. The number of ether oxygens (including phenoxy) is 1. The van der Waals surface area contributed by atoms with E-state index in [9.17, 15) is 4.79 Å². The molecule has 0 atom stereocenters. The number of esters is 1. The Bertz CT molecular complexity index is 655. The van der Waals surface area contributed by atoms with E-state index in [1.807, 2.05) is 0 Å². The number of rotatable bonds is 3. The van der Waals surface area contributed by atoms with Gasteiger partial charge in [0, 0.05) is 23.0 Å². The van der Waals surface area contributed by atoms with Crippen molar-refractivity contribution < 1.29 is 9.53 Å². The molecule has 1 aliphatic rings. The highest BCUT2D eigenvalue weighted by Gasteiger charge is 2.15. The topological polar surface area (TPSA) is 42.1 Å². The molecule has 0 aliphatic heterocycles. The number of nitrogens with one attached hydrogen (secondary N) is 1. The highest BCUT2D eigenvalue weighted by Crippen LogP contribution is 2.30. The van der Waals surface area contributed by atoms with Crippen LogP contribution in [-0.2, 0) is 28.8 Å². The van der Waals surface area contributed by atoms with Crippen molar-refractivity contribution in [3.05, 3.63) is 34.5 Å². The van der Waals surface area contributed by atoms with Crippen molar-refractivity contribution in [1.82, 2.24) is 4.98 Å². The van der Waals surface area contributed by atoms with Crippen LogP contribution in [0.4, 0.5) is 0 Å². The minimum atomic E-state index is -0.142. The standard InChI is InChI=1S/C17H21NO2/c1-11-14(7-8-17(19)20-2)15-9-12-5-3-4-6-13(12)10-16(15)18-11/h9-10,18H,3-8H2,1-2H3. The number of hydrogen-bond donors (Lipinski definition) is 1. The normalized spacial score (nSPS) is 14.3. The molecule has 0 radical (unpaired) electrons. The molecule has 3 heteroatoms. The average molecular weight is 271 g/mol. The summed E-state index contributed by atoms with van der Waals surface area (Å²) in [5.74, 6) is -0.142. The van der Waals surface area contributed by atoms with Crippen molar-refractivity contribution in [3.8, 4) is 0 Å². The van der Waals surface area contributed by atoms with Gasteiger partial charge in [-0.25, -0.2) is 0 Å². The minimum Gasteiger partial charge on any atom is -0.469 e. The van der Waals surface area contributed by atoms with Crippen LogP contribution >= 0.6 is 0 Å². The third-order valence-corrected chi connectivity index (χ3v) is 4.39. The number of hydrogen-bond acceptors (Lipinski definition) is 2. The second kappa shape index (κ2) is 5.31. The summed E-state index contributed by atoms with van der Waals surface area (Å²) in [4.78, 5) is 14.8. The molecule has 0 bridgehead atoms. The van der Waals surface area contributed by atoms with Gasteiger partial charge in [0.1, 0.15) is 0 Å². The predicted octanol–water partition coefficient (Wildman–Crippen LogP) is 3.46. The molecule has 0 saturated carbocycles. The summed E-state index contributed by atoms with van der Waals surface area (Å²) in [5, 5.41) is 1.28. The van der Waals surface area contributed by atoms with E-state index in [1.54, 1.807) is 0 Å². The van der Waals surface area contributed by atoms with E-state index in [0.29, 0.717) is 6.42 Å². The second-order valence-corrected chi connectivity index (χ2v) is 5.68. The molecule has 1 heterocycles. The van der Waals surface area contributed by atoms with Crippen molar-refractivity contribution >= 4 is 16.9 Å². The third-order valence-electron chi connectivity index (χ3n) is 4.39. The fraction of sp³-hybridized carbons (Fsp3) is 0.471. The van der Waals surface area contributed by atoms with Crippen molar-refractivity contribution in [2.45, 2.75) is 45.4 Å². The monoisotopic (exact) mass is 271 g/mol. The maximum absolute atomic E-state index is 11.4. The molecule has 0 unspecified atom stereocenters. The molecule has 0 fully saturated rings. The summed E-state index contributed by atoms with van der Waals surface area (Å²) in [7, 11) is 1.45. The first-order valence-corrected chi connectivity index (χ1v) is 7.39. The molecule has 1 aliphatic carbocycles. The average Bonchev–Trinajstić information content (AvgIpc) is 2.76. The van der Waals surface area contributed by atoms with E-state index in [-0.39, 0.29) is 5.97 Å². The van der Waals surface area contributed by atoms with Crippen LogP contribution in [0.5, 0.6) is 0 Å². The number of aryl methyl sites for hydroxylation is 4. The van der Waals surface area contributed by atoms with E-state index in [4.69, 9.17) is 4.74 Å². The number of benzene rings is 1. The Kier molecular flexibility index (Phi) is 3.51. The summed E-state index contributed by atoms with van der Waals surface area (Å²) >= 11 is 0. The van der Waals surface area contributed by atoms with Crippen LogP contribution in [0.15, 0.2) is 12.1 Å². The highest BCUT2D eigenvalue weighted by molar-refractivity contribution is 5.86. The molecule has 20 heavy (non-hydrogen) atoms. The third kappa shape index (κ3) is 2.33. The Labute approximate surface area is 119 Å². The molecule has 2 aromatic rings. The summed E-state index contributed by atoms with van der Waals surface area (Å²) in [6.45, 7) is 2.09. The number of fused-ring (bicyclic) bond motifs is 2. The number of aromatic amines is 1. The van der Waals surface area contributed by atoms with Crippen LogP contribution in [0.25, 0.3) is 10.9 Å². The van der Waals surface area contributed by atoms with Gasteiger partial charge in [0.2, 0.25) is 0 Å². The molecular formula is C17H21NO2. The zero-order valence-corrected chi connectivity index (χ0v) is 12.2. The Balaban J connectivity index is 1.99. The van der Waals surface area contributed by atoms with Gasteiger partial charge < -0.3 is 9.72 Å². The smallest absolute Gasteiger partial charge is 0.305 e. The van der Waals surface area contributed by atoms with Gasteiger partial charge in [-0.15, -0.1) is 0 Å². The van der Waals surface area contributed by atoms with Crippen LogP contribution in [0.2, 0.25) is 0 Å². The lowest BCUT2D eigenvalue weighted by Crippen LogP contribution is -2.03. The van der Waals surface area contributed by atoms with Crippen molar-refractivity contribution in [3.63, 3.8) is 0 Å². The molecular weight excluding hydrogens is 250 g/mol. The molecule has 3 nitrogen and oxygen atoms in total. The Morgan fingerprint density at radius 2 is 1.95 bits per heavy atom. The lowest BCUT2D eigenvalue weighted by Gasteiger charge is -2.15. The number of methoxy groups -OCH3 is 1. The Morgan fingerprint density at radius 1 is 1.25 bits per heavy atom. The van der Waals surface area contributed by atoms with Gasteiger partial charge in [0.15, 0.2) is 0 Å². The molecule has 0 spiro atoms.